The van der Waals surface area contributed by atoms with Crippen molar-refractivity contribution in [2.24, 2.45) is 0 Å². The van der Waals surface area contributed by atoms with Crippen LogP contribution in [0.4, 0.5) is 0 Å². The Kier molecular flexibility index (Phi) is 3.79. The quantitative estimate of drug-likeness (QED) is 0.560. The van der Waals surface area contributed by atoms with Gasteiger partial charge >= 0.3 is 0 Å². The Balaban J connectivity index is 1.40. The Morgan fingerprint density at radius 1 is 1.15 bits per heavy atom. The maximum Gasteiger partial charge on any atom is 0.195 e. The zero-order valence-electron chi connectivity index (χ0n) is 15.5. The van der Waals surface area contributed by atoms with Crippen LogP contribution in [0.15, 0.2) is 47.3 Å². The van der Waals surface area contributed by atoms with Crippen LogP contribution in [-0.2, 0) is 19.5 Å². The first-order valence-corrected chi connectivity index (χ1v) is 9.22. The van der Waals surface area contributed by atoms with Gasteiger partial charge in [-0.15, -0.1) is 0 Å². The van der Waals surface area contributed by atoms with E-state index in [1.165, 1.54) is 16.8 Å². The molecule has 27 heavy (non-hydrogen) atoms. The van der Waals surface area contributed by atoms with Gasteiger partial charge in [-0.1, -0.05) is 6.07 Å². The van der Waals surface area contributed by atoms with Gasteiger partial charge in [0.15, 0.2) is 11.6 Å². The van der Waals surface area contributed by atoms with Crippen molar-refractivity contribution in [2.75, 3.05) is 6.54 Å². The zero-order chi connectivity index (χ0) is 18.4. The molecule has 0 fully saturated rings. The molecular weight excluding hydrogens is 338 g/mol. The van der Waals surface area contributed by atoms with Crippen LogP contribution in [0.1, 0.15) is 28.2 Å². The van der Waals surface area contributed by atoms with E-state index in [0.29, 0.717) is 5.82 Å². The average molecular weight is 359 g/mol. The Morgan fingerprint density at radius 3 is 2.93 bits per heavy atom. The fourth-order valence-electron chi connectivity index (χ4n) is 3.75. The first-order valence-electron chi connectivity index (χ1n) is 9.22. The number of nitrogens with zero attached hydrogens (tertiary/aromatic N) is 5. The predicted molar refractivity (Wildman–Crippen MR) is 102 cm³/mol. The average Bonchev–Trinajstić information content (AvgIpc) is 3.31. The molecule has 5 rings (SSSR count). The van der Waals surface area contributed by atoms with E-state index >= 15 is 0 Å². The number of aromatic nitrogens is 4. The van der Waals surface area contributed by atoms with Crippen molar-refractivity contribution in [3.63, 3.8) is 0 Å². The van der Waals surface area contributed by atoms with E-state index in [1.54, 1.807) is 6.26 Å². The molecule has 0 saturated carbocycles. The van der Waals surface area contributed by atoms with Crippen LogP contribution >= 0.6 is 0 Å². The first kappa shape index (κ1) is 16.2. The summed E-state index contributed by atoms with van der Waals surface area (Å²) < 4.78 is 7.64. The third-order valence-electron chi connectivity index (χ3n) is 5.19. The molecule has 0 unspecified atom stereocenters. The van der Waals surface area contributed by atoms with Crippen LogP contribution in [0.25, 0.3) is 17.2 Å². The smallest absolute Gasteiger partial charge is 0.195 e. The summed E-state index contributed by atoms with van der Waals surface area (Å²) >= 11 is 0. The molecule has 0 bridgehead atoms. The van der Waals surface area contributed by atoms with Gasteiger partial charge in [0.1, 0.15) is 5.65 Å². The van der Waals surface area contributed by atoms with E-state index < -0.39 is 0 Å². The number of pyridine rings is 1. The standard InChI is InChI=1S/C21H21N5O/c1-14-5-6-20-23-15(2)18(26(20)11-14)13-25-8-7-17-16(12-25)10-22-21(24-17)19-4-3-9-27-19/h3-6,9-11H,7-8,12-13H2,1-2H3. The molecule has 0 amide bonds. The Labute approximate surface area is 157 Å². The molecule has 0 atom stereocenters. The highest BCUT2D eigenvalue weighted by Crippen LogP contribution is 2.23. The van der Waals surface area contributed by atoms with Crippen LogP contribution in [0, 0.1) is 13.8 Å². The number of hydrogen-bond donors (Lipinski definition) is 0. The van der Waals surface area contributed by atoms with Crippen molar-refractivity contribution < 1.29 is 4.42 Å². The van der Waals surface area contributed by atoms with Crippen LogP contribution < -0.4 is 0 Å². The SMILES string of the molecule is Cc1ccc2nc(C)c(CN3CCc4nc(-c5ccco5)ncc4C3)n2c1. The molecule has 0 aliphatic carbocycles. The van der Waals surface area contributed by atoms with Gasteiger partial charge in [-0.05, 0) is 37.6 Å². The van der Waals surface area contributed by atoms with E-state index in [0.717, 1.165) is 48.9 Å². The van der Waals surface area contributed by atoms with E-state index in [-0.39, 0.29) is 0 Å². The summed E-state index contributed by atoms with van der Waals surface area (Å²) in [6.45, 7) is 6.90. The number of furan rings is 1. The van der Waals surface area contributed by atoms with Crippen LogP contribution in [0.5, 0.6) is 0 Å². The number of imidazole rings is 1. The van der Waals surface area contributed by atoms with Gasteiger partial charge in [-0.2, -0.15) is 0 Å². The third-order valence-corrected chi connectivity index (χ3v) is 5.19. The lowest BCUT2D eigenvalue weighted by atomic mass is 10.1. The summed E-state index contributed by atoms with van der Waals surface area (Å²) in [4.78, 5) is 16.4. The minimum Gasteiger partial charge on any atom is -0.461 e. The Hall–Kier alpha value is -2.99. The fraction of sp³-hybridized carbons (Fsp3) is 0.286. The van der Waals surface area contributed by atoms with Crippen LogP contribution in [-0.4, -0.2) is 30.8 Å². The van der Waals surface area contributed by atoms with Gasteiger partial charge in [0.05, 0.1) is 23.3 Å². The maximum absolute atomic E-state index is 5.42. The van der Waals surface area contributed by atoms with Crippen molar-refractivity contribution in [1.82, 2.24) is 24.3 Å². The summed E-state index contributed by atoms with van der Waals surface area (Å²) in [7, 11) is 0. The molecule has 0 spiro atoms. The van der Waals surface area contributed by atoms with Crippen molar-refractivity contribution in [1.29, 1.82) is 0 Å². The molecule has 4 aromatic heterocycles. The highest BCUT2D eigenvalue weighted by Gasteiger charge is 2.21. The van der Waals surface area contributed by atoms with Gasteiger partial charge in [0.2, 0.25) is 0 Å². The second kappa shape index (κ2) is 6.32. The van der Waals surface area contributed by atoms with Gasteiger partial charge < -0.3 is 8.82 Å². The molecule has 1 aliphatic rings. The monoisotopic (exact) mass is 359 g/mol. The van der Waals surface area contributed by atoms with Crippen molar-refractivity contribution >= 4 is 5.65 Å². The van der Waals surface area contributed by atoms with Crippen molar-refractivity contribution in [3.8, 4) is 11.6 Å². The summed E-state index contributed by atoms with van der Waals surface area (Å²) in [6.07, 6.45) is 6.68. The van der Waals surface area contributed by atoms with E-state index in [1.807, 2.05) is 18.3 Å². The molecule has 0 radical (unpaired) electrons. The lowest BCUT2D eigenvalue weighted by Crippen LogP contribution is -2.31. The molecule has 1 aliphatic heterocycles. The van der Waals surface area contributed by atoms with E-state index in [4.69, 9.17) is 14.4 Å². The van der Waals surface area contributed by atoms with Gasteiger partial charge in [-0.3, -0.25) is 4.90 Å². The molecule has 6 nitrogen and oxygen atoms in total. The van der Waals surface area contributed by atoms with Gasteiger partial charge in [0.25, 0.3) is 0 Å². The van der Waals surface area contributed by atoms with Crippen molar-refractivity contribution in [3.05, 3.63) is 71.1 Å². The lowest BCUT2D eigenvalue weighted by Gasteiger charge is -2.28. The number of rotatable bonds is 3. The molecule has 4 aromatic rings. The van der Waals surface area contributed by atoms with E-state index in [9.17, 15) is 0 Å². The van der Waals surface area contributed by atoms with Gasteiger partial charge in [-0.25, -0.2) is 15.0 Å². The number of hydrogen-bond acceptors (Lipinski definition) is 5. The number of fused-ring (bicyclic) bond motifs is 2. The Morgan fingerprint density at radius 2 is 2.07 bits per heavy atom. The summed E-state index contributed by atoms with van der Waals surface area (Å²) in [6, 6.07) is 7.95. The predicted octanol–water partition coefficient (Wildman–Crippen LogP) is 3.56. The second-order valence-corrected chi connectivity index (χ2v) is 7.18. The van der Waals surface area contributed by atoms with Crippen LogP contribution in [0.2, 0.25) is 0 Å². The normalized spacial score (nSPS) is 14.6. The largest absolute Gasteiger partial charge is 0.461 e. The summed E-state index contributed by atoms with van der Waals surface area (Å²) in [5.41, 5.74) is 6.92. The molecule has 0 aromatic carbocycles. The molecular formula is C21H21N5O. The lowest BCUT2D eigenvalue weighted by molar-refractivity contribution is 0.239. The minimum atomic E-state index is 0.667. The summed E-state index contributed by atoms with van der Waals surface area (Å²) in [5.74, 6) is 1.39. The van der Waals surface area contributed by atoms with Crippen molar-refractivity contribution in [2.45, 2.75) is 33.4 Å². The molecule has 136 valence electrons. The molecule has 0 N–H and O–H groups in total. The topological polar surface area (TPSA) is 59.5 Å². The maximum atomic E-state index is 5.42. The molecule has 5 heterocycles. The van der Waals surface area contributed by atoms with Gasteiger partial charge in [0, 0.05) is 44.0 Å². The fourth-order valence-corrected chi connectivity index (χ4v) is 3.75. The minimum absolute atomic E-state index is 0.667. The first-order chi connectivity index (χ1) is 13.2. The van der Waals surface area contributed by atoms with Crippen LogP contribution in [0.3, 0.4) is 0 Å². The van der Waals surface area contributed by atoms with E-state index in [2.05, 4.69) is 46.5 Å². The number of aryl methyl sites for hydroxylation is 2. The molecule has 0 saturated heterocycles. The second-order valence-electron chi connectivity index (χ2n) is 7.18. The highest BCUT2D eigenvalue weighted by atomic mass is 16.3. The third kappa shape index (κ3) is 2.92. The summed E-state index contributed by atoms with van der Waals surface area (Å²) in [5, 5.41) is 0. The highest BCUT2D eigenvalue weighted by molar-refractivity contribution is 5.47. The molecule has 6 heteroatoms. The Bertz CT molecular complexity index is 1110. The zero-order valence-corrected chi connectivity index (χ0v) is 15.5.